The molecule has 9 heteroatoms. The summed E-state index contributed by atoms with van der Waals surface area (Å²) in [6, 6.07) is 6.69. The van der Waals surface area contributed by atoms with Crippen LogP contribution in [0.5, 0.6) is 5.75 Å². The number of imide groups is 1. The summed E-state index contributed by atoms with van der Waals surface area (Å²) in [5, 5.41) is 2.25. The number of allylic oxidation sites excluding steroid dienone is 1. The fourth-order valence-corrected chi connectivity index (χ4v) is 4.94. The molecule has 1 aliphatic heterocycles. The molecule has 32 heavy (non-hydrogen) atoms. The van der Waals surface area contributed by atoms with Crippen LogP contribution >= 0.6 is 0 Å². The van der Waals surface area contributed by atoms with E-state index in [1.54, 1.807) is 19.1 Å². The maximum atomic E-state index is 12.7. The molecule has 3 rings (SSSR count). The summed E-state index contributed by atoms with van der Waals surface area (Å²) in [6.45, 7) is 8.79. The number of nitrogens with zero attached hydrogens (tertiary/aromatic N) is 1. The summed E-state index contributed by atoms with van der Waals surface area (Å²) < 4.78 is 34.1. The summed E-state index contributed by atoms with van der Waals surface area (Å²) in [5.74, 6) is 0.369. The molecule has 1 heterocycles. The molecule has 1 saturated heterocycles. The topological polar surface area (TPSA) is 105 Å². The van der Waals surface area contributed by atoms with Crippen LogP contribution in [-0.4, -0.2) is 50.2 Å². The van der Waals surface area contributed by atoms with Gasteiger partial charge in [0.25, 0.3) is 5.91 Å². The number of urea groups is 1. The fourth-order valence-electron chi connectivity index (χ4n) is 3.48. The third kappa shape index (κ3) is 6.32. The molecule has 3 amide bonds. The van der Waals surface area contributed by atoms with Crippen molar-refractivity contribution in [3.8, 4) is 5.75 Å². The quantitative estimate of drug-likeness (QED) is 0.410. The molecule has 1 aromatic rings. The van der Waals surface area contributed by atoms with E-state index in [1.165, 1.54) is 4.90 Å². The molecular formula is C23H33N3O5S. The lowest BCUT2D eigenvalue weighted by molar-refractivity contribution is -0.120. The van der Waals surface area contributed by atoms with Crippen molar-refractivity contribution in [3.05, 3.63) is 42.0 Å². The number of hydrogen-bond acceptors (Lipinski definition) is 5. The number of sulfonamides is 1. The molecule has 0 unspecified atom stereocenters. The van der Waals surface area contributed by atoms with Gasteiger partial charge in [-0.3, -0.25) is 10.1 Å². The number of benzene rings is 1. The van der Waals surface area contributed by atoms with Gasteiger partial charge in [-0.2, -0.15) is 0 Å². The molecule has 1 saturated carbocycles. The molecule has 2 N–H and O–H groups in total. The first-order chi connectivity index (χ1) is 14.9. The third-order valence-electron chi connectivity index (χ3n) is 5.52. The summed E-state index contributed by atoms with van der Waals surface area (Å²) in [4.78, 5) is 24.6. The molecule has 1 aromatic carbocycles. The van der Waals surface area contributed by atoms with Crippen LogP contribution in [0.15, 0.2) is 36.4 Å². The normalized spacial score (nSPS) is 20.6. The van der Waals surface area contributed by atoms with Crippen LogP contribution in [0.4, 0.5) is 4.79 Å². The summed E-state index contributed by atoms with van der Waals surface area (Å²) >= 11 is 0. The molecule has 2 aliphatic rings. The SMILES string of the molecule is C[C@H]1C(=O)NC(=O)N1C/C=C/CCS(=O)(=O)NC1(c2cccc(OCC(C)(C)C)c2)CC1. The lowest BCUT2D eigenvalue weighted by atomic mass is 9.98. The zero-order chi connectivity index (χ0) is 23.6. The molecule has 176 valence electrons. The van der Waals surface area contributed by atoms with Gasteiger partial charge in [-0.1, -0.05) is 45.1 Å². The Morgan fingerprint density at radius 1 is 1.25 bits per heavy atom. The van der Waals surface area contributed by atoms with Gasteiger partial charge in [-0.15, -0.1) is 0 Å². The Kier molecular flexibility index (Phi) is 7.00. The number of ether oxygens (including phenoxy) is 1. The first kappa shape index (κ1) is 24.3. The Morgan fingerprint density at radius 2 is 1.97 bits per heavy atom. The molecule has 0 bridgehead atoms. The van der Waals surface area contributed by atoms with Gasteiger partial charge >= 0.3 is 6.03 Å². The van der Waals surface area contributed by atoms with Gasteiger partial charge in [0.1, 0.15) is 11.8 Å². The average Bonchev–Trinajstić information content (AvgIpc) is 3.43. The summed E-state index contributed by atoms with van der Waals surface area (Å²) in [6.07, 6.45) is 5.26. The smallest absolute Gasteiger partial charge is 0.325 e. The number of carbonyl (C=O) groups is 2. The lowest BCUT2D eigenvalue weighted by Crippen LogP contribution is -2.36. The van der Waals surface area contributed by atoms with Gasteiger partial charge in [-0.25, -0.2) is 17.9 Å². The molecular weight excluding hydrogens is 430 g/mol. The Hall–Kier alpha value is -2.39. The Balaban J connectivity index is 1.53. The average molecular weight is 464 g/mol. The van der Waals surface area contributed by atoms with Gasteiger partial charge in [0, 0.05) is 6.54 Å². The van der Waals surface area contributed by atoms with Crippen molar-refractivity contribution in [2.45, 2.75) is 58.5 Å². The predicted octanol–water partition coefficient (Wildman–Crippen LogP) is 2.91. The van der Waals surface area contributed by atoms with Crippen molar-refractivity contribution < 1.29 is 22.7 Å². The third-order valence-corrected chi connectivity index (χ3v) is 6.99. The highest BCUT2D eigenvalue weighted by atomic mass is 32.2. The fraction of sp³-hybridized carbons (Fsp3) is 0.565. The van der Waals surface area contributed by atoms with Gasteiger partial charge in [0.15, 0.2) is 0 Å². The van der Waals surface area contributed by atoms with E-state index in [1.807, 2.05) is 24.3 Å². The molecule has 1 atom stereocenters. The van der Waals surface area contributed by atoms with Crippen LogP contribution in [0.25, 0.3) is 0 Å². The number of nitrogens with one attached hydrogen (secondary N) is 2. The van der Waals surface area contributed by atoms with Crippen molar-refractivity contribution in [2.75, 3.05) is 18.9 Å². The lowest BCUT2D eigenvalue weighted by Gasteiger charge is -2.21. The number of carbonyl (C=O) groups excluding carboxylic acids is 2. The Labute approximate surface area is 190 Å². The molecule has 0 radical (unpaired) electrons. The van der Waals surface area contributed by atoms with Crippen molar-refractivity contribution >= 4 is 22.0 Å². The van der Waals surface area contributed by atoms with Crippen LogP contribution in [-0.2, 0) is 20.4 Å². The first-order valence-corrected chi connectivity index (χ1v) is 12.6. The van der Waals surface area contributed by atoms with Gasteiger partial charge in [-0.05, 0) is 49.3 Å². The van der Waals surface area contributed by atoms with Crippen molar-refractivity contribution in [2.24, 2.45) is 5.41 Å². The van der Waals surface area contributed by atoms with Crippen LogP contribution < -0.4 is 14.8 Å². The minimum Gasteiger partial charge on any atom is -0.493 e. The van der Waals surface area contributed by atoms with Crippen LogP contribution in [0.3, 0.4) is 0 Å². The largest absolute Gasteiger partial charge is 0.493 e. The highest BCUT2D eigenvalue weighted by molar-refractivity contribution is 7.89. The number of rotatable bonds is 10. The van der Waals surface area contributed by atoms with Crippen molar-refractivity contribution in [1.82, 2.24) is 14.9 Å². The highest BCUT2D eigenvalue weighted by Crippen LogP contribution is 2.47. The van der Waals surface area contributed by atoms with Crippen molar-refractivity contribution in [3.63, 3.8) is 0 Å². The highest BCUT2D eigenvalue weighted by Gasteiger charge is 2.47. The molecule has 1 aliphatic carbocycles. The second-order valence-corrected chi connectivity index (χ2v) is 11.6. The van der Waals surface area contributed by atoms with Gasteiger partial charge < -0.3 is 9.64 Å². The molecule has 0 aromatic heterocycles. The molecule has 0 spiro atoms. The van der Waals surface area contributed by atoms with E-state index in [9.17, 15) is 18.0 Å². The monoisotopic (exact) mass is 463 g/mol. The van der Waals surface area contributed by atoms with E-state index in [0.29, 0.717) is 13.0 Å². The molecule has 2 fully saturated rings. The Morgan fingerprint density at radius 3 is 2.56 bits per heavy atom. The van der Waals surface area contributed by atoms with Crippen LogP contribution in [0, 0.1) is 5.41 Å². The second kappa shape index (κ2) is 9.23. The predicted molar refractivity (Wildman–Crippen MR) is 123 cm³/mol. The summed E-state index contributed by atoms with van der Waals surface area (Å²) in [7, 11) is -3.49. The van der Waals surface area contributed by atoms with E-state index >= 15 is 0 Å². The maximum absolute atomic E-state index is 12.7. The van der Waals surface area contributed by atoms with Crippen LogP contribution in [0.1, 0.15) is 52.5 Å². The van der Waals surface area contributed by atoms with Gasteiger partial charge in [0.05, 0.1) is 17.9 Å². The zero-order valence-corrected chi connectivity index (χ0v) is 20.0. The van der Waals surface area contributed by atoms with Gasteiger partial charge in [0.2, 0.25) is 10.0 Å². The van der Waals surface area contributed by atoms with E-state index in [2.05, 4.69) is 30.8 Å². The Bertz CT molecular complexity index is 993. The summed E-state index contributed by atoms with van der Waals surface area (Å²) in [5.41, 5.74) is 0.392. The first-order valence-electron chi connectivity index (χ1n) is 10.9. The minimum absolute atomic E-state index is 0.0362. The van der Waals surface area contributed by atoms with E-state index < -0.39 is 27.6 Å². The van der Waals surface area contributed by atoms with E-state index in [4.69, 9.17) is 4.74 Å². The standard InChI is InChI=1S/C23H33N3O5S/c1-17-20(27)24-21(28)26(17)13-6-5-7-14-32(29,30)25-23(11-12-23)18-9-8-10-19(15-18)31-16-22(2,3)4/h5-6,8-10,15,17,25H,7,11-14,16H2,1-4H3,(H,24,27,28)/b6-5+/t17-/m0/s1. The number of amides is 3. The number of hydrogen-bond donors (Lipinski definition) is 2. The maximum Gasteiger partial charge on any atom is 0.325 e. The minimum atomic E-state index is -3.49. The second-order valence-electron chi connectivity index (χ2n) is 9.76. The van der Waals surface area contributed by atoms with E-state index in [-0.39, 0.29) is 23.6 Å². The molecule has 8 nitrogen and oxygen atoms in total. The van der Waals surface area contributed by atoms with Crippen LogP contribution in [0.2, 0.25) is 0 Å². The van der Waals surface area contributed by atoms with Crippen molar-refractivity contribution in [1.29, 1.82) is 0 Å². The zero-order valence-electron chi connectivity index (χ0n) is 19.2. The van der Waals surface area contributed by atoms with E-state index in [0.717, 1.165) is 24.2 Å².